The molecule has 0 fully saturated rings. The van der Waals surface area contributed by atoms with Gasteiger partial charge in [0.05, 0.1) is 0 Å². The van der Waals surface area contributed by atoms with Gasteiger partial charge in [0.2, 0.25) is 0 Å². The smallest absolute Gasteiger partial charge is 0.0417 e. The van der Waals surface area contributed by atoms with Crippen molar-refractivity contribution >= 4 is 55.6 Å². The Morgan fingerprint density at radius 1 is 1.00 bits per heavy atom. The van der Waals surface area contributed by atoms with Gasteiger partial charge in [-0.25, -0.2) is 0 Å². The minimum absolute atomic E-state index is 0.786. The standard InChI is InChI=1S/C13H11ClS4/c14-11-4-2-6-13(8-11)18-16-9-10-3-1-5-12(7-10)17-15/h1-8,15H,9H2. The van der Waals surface area contributed by atoms with Crippen LogP contribution in [-0.4, -0.2) is 0 Å². The highest BCUT2D eigenvalue weighted by Crippen LogP contribution is 2.35. The maximum absolute atomic E-state index is 5.95. The molecule has 0 N–H and O–H groups in total. The summed E-state index contributed by atoms with van der Waals surface area (Å²) in [6.45, 7) is 0. The minimum atomic E-state index is 0.786. The highest BCUT2D eigenvalue weighted by molar-refractivity contribution is 8.76. The average molecular weight is 331 g/mol. The van der Waals surface area contributed by atoms with Gasteiger partial charge in [0.25, 0.3) is 0 Å². The monoisotopic (exact) mass is 330 g/mol. The van der Waals surface area contributed by atoms with Gasteiger partial charge in [-0.1, -0.05) is 62.2 Å². The van der Waals surface area contributed by atoms with Crippen LogP contribution >= 0.6 is 55.6 Å². The molecule has 0 saturated heterocycles. The Bertz CT molecular complexity index is 516. The Morgan fingerprint density at radius 3 is 2.56 bits per heavy atom. The topological polar surface area (TPSA) is 0 Å². The van der Waals surface area contributed by atoms with Crippen LogP contribution in [0.2, 0.25) is 5.02 Å². The van der Waals surface area contributed by atoms with Crippen LogP contribution in [0.5, 0.6) is 0 Å². The van der Waals surface area contributed by atoms with Crippen molar-refractivity contribution in [1.82, 2.24) is 0 Å². The zero-order valence-corrected chi connectivity index (χ0v) is 13.5. The van der Waals surface area contributed by atoms with E-state index in [9.17, 15) is 0 Å². The fourth-order valence-corrected chi connectivity index (χ4v) is 4.44. The Hall–Kier alpha value is 0.130. The fourth-order valence-electron chi connectivity index (χ4n) is 1.38. The second kappa shape index (κ2) is 7.65. The van der Waals surface area contributed by atoms with Crippen molar-refractivity contribution in [1.29, 1.82) is 0 Å². The molecular weight excluding hydrogens is 320 g/mol. The largest absolute Gasteiger partial charge is 0.106 e. The van der Waals surface area contributed by atoms with E-state index in [1.165, 1.54) is 26.1 Å². The quantitative estimate of drug-likeness (QED) is 0.511. The van der Waals surface area contributed by atoms with E-state index in [0.29, 0.717) is 0 Å². The first-order valence-corrected chi connectivity index (χ1v) is 9.80. The zero-order chi connectivity index (χ0) is 12.8. The highest BCUT2D eigenvalue weighted by Gasteiger charge is 1.99. The average Bonchev–Trinajstić information content (AvgIpc) is 2.39. The summed E-state index contributed by atoms with van der Waals surface area (Å²) in [4.78, 5) is 2.37. The summed E-state index contributed by atoms with van der Waals surface area (Å²) in [6.07, 6.45) is 0. The maximum Gasteiger partial charge on any atom is 0.0417 e. The molecule has 0 amide bonds. The molecule has 94 valence electrons. The van der Waals surface area contributed by atoms with Crippen LogP contribution in [0.1, 0.15) is 5.56 Å². The Labute approximate surface area is 129 Å². The number of halogens is 1. The number of hydrogen-bond acceptors (Lipinski definition) is 4. The predicted octanol–water partition coefficient (Wildman–Crippen LogP) is 6.22. The third-order valence-corrected chi connectivity index (χ3v) is 5.81. The number of thiol groups is 1. The lowest BCUT2D eigenvalue weighted by atomic mass is 10.2. The van der Waals surface area contributed by atoms with E-state index in [0.717, 1.165) is 10.8 Å². The Morgan fingerprint density at radius 2 is 1.78 bits per heavy atom. The van der Waals surface area contributed by atoms with Crippen molar-refractivity contribution in [2.75, 3.05) is 0 Å². The van der Waals surface area contributed by atoms with E-state index in [4.69, 9.17) is 11.6 Å². The molecule has 0 aromatic heterocycles. The molecule has 0 spiro atoms. The van der Waals surface area contributed by atoms with Gasteiger partial charge < -0.3 is 0 Å². The minimum Gasteiger partial charge on any atom is -0.106 e. The van der Waals surface area contributed by atoms with Gasteiger partial charge in [0.1, 0.15) is 0 Å². The molecule has 2 aromatic carbocycles. The first-order chi connectivity index (χ1) is 8.78. The molecule has 2 rings (SSSR count). The Balaban J connectivity index is 1.88. The number of hydrogen-bond donors (Lipinski definition) is 1. The molecule has 0 nitrogen and oxygen atoms in total. The van der Waals surface area contributed by atoms with E-state index >= 15 is 0 Å². The van der Waals surface area contributed by atoms with Crippen LogP contribution in [0.25, 0.3) is 0 Å². The van der Waals surface area contributed by atoms with Crippen LogP contribution in [0.4, 0.5) is 0 Å². The first-order valence-electron chi connectivity index (χ1n) is 5.23. The van der Waals surface area contributed by atoms with Gasteiger partial charge in [-0.15, -0.1) is 11.7 Å². The molecule has 0 atom stereocenters. The van der Waals surface area contributed by atoms with Crippen molar-refractivity contribution in [2.45, 2.75) is 15.5 Å². The molecule has 0 aliphatic carbocycles. The van der Waals surface area contributed by atoms with Crippen LogP contribution in [0, 0.1) is 0 Å². The van der Waals surface area contributed by atoms with Crippen molar-refractivity contribution in [3.05, 3.63) is 59.1 Å². The number of rotatable bonds is 5. The fraction of sp³-hybridized carbons (Fsp3) is 0.0769. The predicted molar refractivity (Wildman–Crippen MR) is 89.9 cm³/mol. The molecule has 0 unspecified atom stereocenters. The first kappa shape index (κ1) is 14.5. The molecule has 0 bridgehead atoms. The molecule has 18 heavy (non-hydrogen) atoms. The van der Waals surface area contributed by atoms with Crippen molar-refractivity contribution in [3.8, 4) is 0 Å². The number of benzene rings is 2. The van der Waals surface area contributed by atoms with E-state index in [1.54, 1.807) is 10.8 Å². The lowest BCUT2D eigenvalue weighted by molar-refractivity contribution is 1.34. The van der Waals surface area contributed by atoms with Gasteiger partial charge in [0, 0.05) is 20.6 Å². The van der Waals surface area contributed by atoms with E-state index in [-0.39, 0.29) is 0 Å². The van der Waals surface area contributed by atoms with Crippen molar-refractivity contribution in [3.63, 3.8) is 0 Å². The molecule has 2 aromatic rings. The van der Waals surface area contributed by atoms with E-state index in [2.05, 4.69) is 42.0 Å². The summed E-state index contributed by atoms with van der Waals surface area (Å²) in [5, 5.41) is 0.786. The van der Waals surface area contributed by atoms with Crippen LogP contribution in [0.15, 0.2) is 58.3 Å². The third-order valence-electron chi connectivity index (χ3n) is 2.18. The zero-order valence-electron chi connectivity index (χ0n) is 9.38. The maximum atomic E-state index is 5.95. The van der Waals surface area contributed by atoms with Crippen LogP contribution in [0.3, 0.4) is 0 Å². The summed E-state index contributed by atoms with van der Waals surface area (Å²) in [5.41, 5.74) is 1.31. The van der Waals surface area contributed by atoms with Crippen molar-refractivity contribution in [2.24, 2.45) is 0 Å². The molecule has 0 radical (unpaired) electrons. The van der Waals surface area contributed by atoms with Gasteiger partial charge in [0.15, 0.2) is 0 Å². The summed E-state index contributed by atoms with van der Waals surface area (Å²) < 4.78 is 0. The van der Waals surface area contributed by atoms with Gasteiger partial charge >= 0.3 is 0 Å². The molecule has 0 aliphatic rings. The van der Waals surface area contributed by atoms with Crippen LogP contribution in [-0.2, 0) is 5.75 Å². The SMILES string of the molecule is SSc1cccc(CSSc2cccc(Cl)c2)c1. The second-order valence-corrected chi connectivity index (χ2v) is 7.55. The highest BCUT2D eigenvalue weighted by atomic mass is 35.5. The third kappa shape index (κ3) is 4.67. The molecule has 0 saturated carbocycles. The second-order valence-electron chi connectivity index (χ2n) is 3.54. The summed E-state index contributed by atoms with van der Waals surface area (Å²) >= 11 is 10.2. The lowest BCUT2D eigenvalue weighted by Gasteiger charge is -2.03. The lowest BCUT2D eigenvalue weighted by Crippen LogP contribution is -1.78. The summed E-state index contributed by atoms with van der Waals surface area (Å²) in [7, 11) is 5.04. The van der Waals surface area contributed by atoms with Gasteiger partial charge in [-0.05, 0) is 35.9 Å². The molecule has 0 aliphatic heterocycles. The van der Waals surface area contributed by atoms with Gasteiger partial charge in [-0.3, -0.25) is 0 Å². The molecule has 0 heterocycles. The Kier molecular flexibility index (Phi) is 6.18. The summed E-state index contributed by atoms with van der Waals surface area (Å²) in [6, 6.07) is 16.4. The van der Waals surface area contributed by atoms with E-state index in [1.807, 2.05) is 29.0 Å². The van der Waals surface area contributed by atoms with Crippen molar-refractivity contribution < 1.29 is 0 Å². The van der Waals surface area contributed by atoms with E-state index < -0.39 is 0 Å². The summed E-state index contributed by atoms with van der Waals surface area (Å²) in [5.74, 6) is 0.972. The van der Waals surface area contributed by atoms with Crippen LogP contribution < -0.4 is 0 Å². The van der Waals surface area contributed by atoms with Gasteiger partial charge in [-0.2, -0.15) is 0 Å². The normalized spacial score (nSPS) is 10.6. The molecular formula is C13H11ClS4. The molecule has 5 heteroatoms.